The number of hydrogen-bond donors (Lipinski definition) is 2. The van der Waals surface area contributed by atoms with Crippen molar-refractivity contribution in [2.24, 2.45) is 5.92 Å². The van der Waals surface area contributed by atoms with Crippen LogP contribution in [0.3, 0.4) is 0 Å². The highest BCUT2D eigenvalue weighted by Gasteiger charge is 2.29. The molecule has 2 aromatic carbocycles. The minimum atomic E-state index is -0.218. The van der Waals surface area contributed by atoms with Crippen molar-refractivity contribution in [2.75, 3.05) is 17.2 Å². The molecular formula is C20H22N2O3. The first-order chi connectivity index (χ1) is 12.1. The van der Waals surface area contributed by atoms with Crippen molar-refractivity contribution < 1.29 is 14.3 Å². The molecule has 5 heteroatoms. The lowest BCUT2D eigenvalue weighted by Gasteiger charge is -2.12. The molecule has 0 heterocycles. The van der Waals surface area contributed by atoms with Crippen molar-refractivity contribution in [3.63, 3.8) is 0 Å². The fourth-order valence-electron chi connectivity index (χ4n) is 2.51. The Balaban J connectivity index is 1.72. The number of hydrogen-bond acceptors (Lipinski definition) is 3. The van der Waals surface area contributed by atoms with E-state index in [4.69, 9.17) is 4.74 Å². The molecule has 0 bridgehead atoms. The van der Waals surface area contributed by atoms with Gasteiger partial charge >= 0.3 is 0 Å². The number of ether oxygens (including phenoxy) is 1. The van der Waals surface area contributed by atoms with E-state index in [0.29, 0.717) is 23.6 Å². The van der Waals surface area contributed by atoms with Crippen LogP contribution in [-0.4, -0.2) is 18.4 Å². The summed E-state index contributed by atoms with van der Waals surface area (Å²) < 4.78 is 5.43. The molecule has 0 unspecified atom stereocenters. The quantitative estimate of drug-likeness (QED) is 0.837. The minimum Gasteiger partial charge on any atom is -0.494 e. The number of nitrogens with one attached hydrogen (secondary N) is 2. The Labute approximate surface area is 147 Å². The third-order valence-corrected chi connectivity index (χ3v) is 4.11. The summed E-state index contributed by atoms with van der Waals surface area (Å²) in [5.74, 6) is 0.635. The van der Waals surface area contributed by atoms with Crippen LogP contribution >= 0.6 is 0 Å². The summed E-state index contributed by atoms with van der Waals surface area (Å²) in [7, 11) is 0. The molecule has 3 rings (SSSR count). The Kier molecular flexibility index (Phi) is 5.03. The maximum Gasteiger partial charge on any atom is 0.255 e. The van der Waals surface area contributed by atoms with Crippen LogP contribution in [-0.2, 0) is 4.79 Å². The van der Waals surface area contributed by atoms with Crippen molar-refractivity contribution in [1.29, 1.82) is 0 Å². The molecule has 0 atom stereocenters. The molecule has 1 aliphatic rings. The minimum absolute atomic E-state index is 0.0518. The summed E-state index contributed by atoms with van der Waals surface area (Å²) in [6.45, 7) is 4.38. The largest absolute Gasteiger partial charge is 0.494 e. The van der Waals surface area contributed by atoms with Crippen molar-refractivity contribution in [3.05, 3.63) is 53.6 Å². The van der Waals surface area contributed by atoms with Crippen molar-refractivity contribution in [2.45, 2.75) is 26.7 Å². The first kappa shape index (κ1) is 17.0. The van der Waals surface area contributed by atoms with Gasteiger partial charge in [0.05, 0.1) is 6.61 Å². The molecule has 5 nitrogen and oxygen atoms in total. The van der Waals surface area contributed by atoms with E-state index in [-0.39, 0.29) is 17.7 Å². The number of rotatable bonds is 6. The number of carbonyl (C=O) groups is 2. The number of amides is 2. The SMILES string of the molecule is CCOc1cccc(C(=O)Nc2ccc(C)c(NC(=O)C3CC3)c2)c1. The van der Waals surface area contributed by atoms with Gasteiger partial charge in [0, 0.05) is 22.9 Å². The molecule has 0 aliphatic heterocycles. The van der Waals surface area contributed by atoms with Gasteiger partial charge in [-0.3, -0.25) is 9.59 Å². The molecule has 25 heavy (non-hydrogen) atoms. The fourth-order valence-corrected chi connectivity index (χ4v) is 2.51. The van der Waals surface area contributed by atoms with E-state index in [9.17, 15) is 9.59 Å². The molecule has 0 radical (unpaired) electrons. The van der Waals surface area contributed by atoms with E-state index in [0.717, 1.165) is 24.1 Å². The van der Waals surface area contributed by atoms with Gasteiger partial charge in [0.25, 0.3) is 5.91 Å². The molecule has 0 saturated heterocycles. The third kappa shape index (κ3) is 4.38. The van der Waals surface area contributed by atoms with E-state index < -0.39 is 0 Å². The zero-order valence-electron chi connectivity index (χ0n) is 14.5. The molecular weight excluding hydrogens is 316 g/mol. The highest BCUT2D eigenvalue weighted by atomic mass is 16.5. The average Bonchev–Trinajstić information content (AvgIpc) is 3.43. The Morgan fingerprint density at radius 2 is 1.92 bits per heavy atom. The van der Waals surface area contributed by atoms with Crippen LogP contribution in [0.1, 0.15) is 35.7 Å². The van der Waals surface area contributed by atoms with Gasteiger partial charge in [-0.05, 0) is 62.6 Å². The number of carbonyl (C=O) groups excluding carboxylic acids is 2. The van der Waals surface area contributed by atoms with Gasteiger partial charge < -0.3 is 15.4 Å². The molecule has 2 N–H and O–H groups in total. The monoisotopic (exact) mass is 338 g/mol. The molecule has 1 fully saturated rings. The second-order valence-corrected chi connectivity index (χ2v) is 6.21. The molecule has 2 amide bonds. The predicted octanol–water partition coefficient (Wildman–Crippen LogP) is 3.99. The average molecular weight is 338 g/mol. The Hall–Kier alpha value is -2.82. The van der Waals surface area contributed by atoms with Crippen LogP contribution < -0.4 is 15.4 Å². The second-order valence-electron chi connectivity index (χ2n) is 6.21. The van der Waals surface area contributed by atoms with Crippen molar-refractivity contribution in [3.8, 4) is 5.75 Å². The topological polar surface area (TPSA) is 67.4 Å². The lowest BCUT2D eigenvalue weighted by Crippen LogP contribution is -2.15. The Morgan fingerprint density at radius 3 is 2.64 bits per heavy atom. The van der Waals surface area contributed by atoms with Crippen molar-refractivity contribution in [1.82, 2.24) is 0 Å². The van der Waals surface area contributed by atoms with Crippen LogP contribution in [0.2, 0.25) is 0 Å². The summed E-state index contributed by atoms with van der Waals surface area (Å²) in [5, 5.41) is 5.81. The van der Waals surface area contributed by atoms with Crippen LogP contribution in [0.4, 0.5) is 11.4 Å². The summed E-state index contributed by atoms with van der Waals surface area (Å²) in [5.41, 5.74) is 2.86. The van der Waals surface area contributed by atoms with E-state index >= 15 is 0 Å². The maximum atomic E-state index is 12.5. The Morgan fingerprint density at radius 1 is 1.12 bits per heavy atom. The standard InChI is InChI=1S/C20H22N2O3/c1-3-25-17-6-4-5-15(11-17)20(24)21-16-10-7-13(2)18(12-16)22-19(23)14-8-9-14/h4-7,10-12,14H,3,8-9H2,1-2H3,(H,21,24)(H,22,23). The molecule has 0 spiro atoms. The van der Waals surface area contributed by atoms with Gasteiger partial charge in [-0.15, -0.1) is 0 Å². The zero-order chi connectivity index (χ0) is 17.8. The first-order valence-corrected chi connectivity index (χ1v) is 8.52. The molecule has 0 aromatic heterocycles. The molecule has 1 saturated carbocycles. The van der Waals surface area contributed by atoms with Gasteiger partial charge in [0.2, 0.25) is 5.91 Å². The highest BCUT2D eigenvalue weighted by molar-refractivity contribution is 6.05. The second kappa shape index (κ2) is 7.38. The number of aryl methyl sites for hydroxylation is 1. The van der Waals surface area contributed by atoms with E-state index in [1.54, 1.807) is 24.3 Å². The molecule has 130 valence electrons. The van der Waals surface area contributed by atoms with E-state index in [1.807, 2.05) is 32.0 Å². The lowest BCUT2D eigenvalue weighted by molar-refractivity contribution is -0.117. The van der Waals surface area contributed by atoms with Crippen LogP contribution in [0.15, 0.2) is 42.5 Å². The van der Waals surface area contributed by atoms with Crippen molar-refractivity contribution >= 4 is 23.2 Å². The number of anilines is 2. The Bertz CT molecular complexity index is 797. The van der Waals surface area contributed by atoms with Gasteiger partial charge in [-0.1, -0.05) is 12.1 Å². The van der Waals surface area contributed by atoms with E-state index in [2.05, 4.69) is 10.6 Å². The van der Waals surface area contributed by atoms with Crippen LogP contribution in [0.25, 0.3) is 0 Å². The van der Waals surface area contributed by atoms with Gasteiger partial charge in [-0.25, -0.2) is 0 Å². The van der Waals surface area contributed by atoms with Gasteiger partial charge in [0.15, 0.2) is 0 Å². The van der Waals surface area contributed by atoms with Gasteiger partial charge in [-0.2, -0.15) is 0 Å². The summed E-state index contributed by atoms with van der Waals surface area (Å²) in [4.78, 5) is 24.4. The summed E-state index contributed by atoms with van der Waals surface area (Å²) in [6.07, 6.45) is 1.91. The summed E-state index contributed by atoms with van der Waals surface area (Å²) >= 11 is 0. The van der Waals surface area contributed by atoms with Crippen LogP contribution in [0, 0.1) is 12.8 Å². The third-order valence-electron chi connectivity index (χ3n) is 4.11. The highest BCUT2D eigenvalue weighted by Crippen LogP contribution is 2.31. The zero-order valence-corrected chi connectivity index (χ0v) is 14.5. The predicted molar refractivity (Wildman–Crippen MR) is 98.1 cm³/mol. The maximum absolute atomic E-state index is 12.5. The summed E-state index contributed by atoms with van der Waals surface area (Å²) in [6, 6.07) is 12.6. The first-order valence-electron chi connectivity index (χ1n) is 8.52. The normalized spacial score (nSPS) is 13.2. The lowest BCUT2D eigenvalue weighted by atomic mass is 10.1. The fraction of sp³-hybridized carbons (Fsp3) is 0.300. The molecule has 2 aromatic rings. The van der Waals surface area contributed by atoms with Gasteiger partial charge in [0.1, 0.15) is 5.75 Å². The molecule has 1 aliphatic carbocycles. The van der Waals surface area contributed by atoms with E-state index in [1.165, 1.54) is 0 Å². The smallest absolute Gasteiger partial charge is 0.255 e. The van der Waals surface area contributed by atoms with Crippen LogP contribution in [0.5, 0.6) is 5.75 Å². The number of benzene rings is 2.